The number of hydrogen-bond acceptors (Lipinski definition) is 6. The third-order valence-electron chi connectivity index (χ3n) is 5.74. The summed E-state index contributed by atoms with van der Waals surface area (Å²) in [5.74, 6) is 7.28. The molecular formula is C29H29Cl2N5O2. The number of ether oxygens (including phenoxy) is 1. The summed E-state index contributed by atoms with van der Waals surface area (Å²) in [5.41, 5.74) is 4.03. The number of halogens is 2. The minimum absolute atomic E-state index is 0.318. The molecule has 0 amide bonds. The number of aromatic nitrogens is 3. The SMILES string of the molecule is CC(C)(C)OC=O.Clc1cccc(Cl)c1C#Cc1c[nH]c2ncc(-c3ccnc(N4CCNCC4)c3)cc12. The molecule has 0 atom stereocenters. The number of benzene rings is 1. The van der Waals surface area contributed by atoms with Gasteiger partial charge in [0.05, 0.1) is 21.2 Å². The lowest BCUT2D eigenvalue weighted by molar-refractivity contribution is -0.138. The first-order chi connectivity index (χ1) is 18.2. The lowest BCUT2D eigenvalue weighted by atomic mass is 10.1. The third-order valence-corrected chi connectivity index (χ3v) is 6.37. The highest BCUT2D eigenvalue weighted by Gasteiger charge is 2.13. The molecule has 1 aromatic carbocycles. The van der Waals surface area contributed by atoms with Crippen molar-refractivity contribution in [1.82, 2.24) is 20.3 Å². The highest BCUT2D eigenvalue weighted by Crippen LogP contribution is 2.27. The van der Waals surface area contributed by atoms with Crippen molar-refractivity contribution in [3.8, 4) is 23.0 Å². The Hall–Kier alpha value is -3.57. The number of carbonyl (C=O) groups excluding carboxylic acids is 1. The summed E-state index contributed by atoms with van der Waals surface area (Å²) in [6.45, 7) is 9.77. The molecule has 4 aromatic rings. The first-order valence-electron chi connectivity index (χ1n) is 12.2. The number of nitrogens with zero attached hydrogens (tertiary/aromatic N) is 3. The highest BCUT2D eigenvalue weighted by molar-refractivity contribution is 6.36. The summed E-state index contributed by atoms with van der Waals surface area (Å²) in [4.78, 5) is 24.2. The van der Waals surface area contributed by atoms with E-state index in [4.69, 9.17) is 23.2 Å². The molecule has 0 radical (unpaired) electrons. The normalized spacial score (nSPS) is 13.2. The van der Waals surface area contributed by atoms with Crippen molar-refractivity contribution in [2.45, 2.75) is 26.4 Å². The number of piperazine rings is 1. The molecule has 1 aliphatic rings. The van der Waals surface area contributed by atoms with Crippen LogP contribution in [0.15, 0.2) is 55.0 Å². The molecule has 0 aliphatic carbocycles. The molecule has 38 heavy (non-hydrogen) atoms. The Morgan fingerprint density at radius 3 is 2.42 bits per heavy atom. The van der Waals surface area contributed by atoms with Crippen LogP contribution in [0.3, 0.4) is 0 Å². The van der Waals surface area contributed by atoms with Gasteiger partial charge in [-0.3, -0.25) is 4.79 Å². The average Bonchev–Trinajstić information content (AvgIpc) is 3.31. The van der Waals surface area contributed by atoms with E-state index >= 15 is 0 Å². The quantitative estimate of drug-likeness (QED) is 0.252. The van der Waals surface area contributed by atoms with Crippen molar-refractivity contribution in [2.75, 3.05) is 31.1 Å². The molecule has 1 fully saturated rings. The lowest BCUT2D eigenvalue weighted by Crippen LogP contribution is -2.43. The van der Waals surface area contributed by atoms with Crippen molar-refractivity contribution in [3.63, 3.8) is 0 Å². The maximum atomic E-state index is 9.60. The number of pyridine rings is 2. The van der Waals surface area contributed by atoms with Gasteiger partial charge >= 0.3 is 0 Å². The molecule has 0 spiro atoms. The predicted octanol–water partition coefficient (Wildman–Crippen LogP) is 5.70. The van der Waals surface area contributed by atoms with Gasteiger partial charge in [-0.25, -0.2) is 9.97 Å². The molecule has 3 aromatic heterocycles. The van der Waals surface area contributed by atoms with Gasteiger partial charge in [-0.15, -0.1) is 0 Å². The summed E-state index contributed by atoms with van der Waals surface area (Å²) < 4.78 is 4.55. The molecule has 1 aliphatic heterocycles. The van der Waals surface area contributed by atoms with Gasteiger partial charge in [-0.2, -0.15) is 0 Å². The van der Waals surface area contributed by atoms with E-state index in [1.165, 1.54) is 0 Å². The van der Waals surface area contributed by atoms with Gasteiger partial charge in [-0.05, 0) is 56.7 Å². The molecule has 0 bridgehead atoms. The van der Waals surface area contributed by atoms with Crippen LogP contribution < -0.4 is 10.2 Å². The van der Waals surface area contributed by atoms with E-state index < -0.39 is 0 Å². The summed E-state index contributed by atoms with van der Waals surface area (Å²) in [6, 6.07) is 11.6. The van der Waals surface area contributed by atoms with Gasteiger partial charge in [0, 0.05) is 55.7 Å². The Morgan fingerprint density at radius 2 is 1.76 bits per heavy atom. The van der Waals surface area contributed by atoms with E-state index in [1.54, 1.807) is 18.2 Å². The van der Waals surface area contributed by atoms with Crippen molar-refractivity contribution in [3.05, 3.63) is 76.2 Å². The molecule has 0 unspecified atom stereocenters. The maximum Gasteiger partial charge on any atom is 0.293 e. The molecule has 7 nitrogen and oxygen atoms in total. The first-order valence-corrected chi connectivity index (χ1v) is 13.0. The van der Waals surface area contributed by atoms with Crippen LogP contribution in [0, 0.1) is 11.8 Å². The van der Waals surface area contributed by atoms with E-state index in [2.05, 4.69) is 53.9 Å². The number of hydrogen-bond donors (Lipinski definition) is 2. The summed E-state index contributed by atoms with van der Waals surface area (Å²) in [7, 11) is 0. The van der Waals surface area contributed by atoms with E-state index in [0.29, 0.717) is 22.1 Å². The monoisotopic (exact) mass is 549 g/mol. The molecule has 1 saturated heterocycles. The van der Waals surface area contributed by atoms with Crippen molar-refractivity contribution in [1.29, 1.82) is 0 Å². The Bertz CT molecular complexity index is 1460. The Labute approximate surface area is 232 Å². The topological polar surface area (TPSA) is 83.1 Å². The van der Waals surface area contributed by atoms with Gasteiger partial charge in [0.2, 0.25) is 0 Å². The van der Waals surface area contributed by atoms with Crippen LogP contribution in [-0.2, 0) is 9.53 Å². The van der Waals surface area contributed by atoms with E-state index in [0.717, 1.165) is 59.7 Å². The van der Waals surface area contributed by atoms with E-state index in [1.807, 2.05) is 45.4 Å². The zero-order valence-corrected chi connectivity index (χ0v) is 23.0. The maximum absolute atomic E-state index is 9.60. The van der Waals surface area contributed by atoms with Crippen LogP contribution in [0.1, 0.15) is 31.9 Å². The molecule has 0 saturated carbocycles. The molecule has 5 rings (SSSR count). The summed E-state index contributed by atoms with van der Waals surface area (Å²) in [6.07, 6.45) is 5.59. The molecule has 196 valence electrons. The number of rotatable bonds is 3. The standard InChI is InChI=1S/C24H19Cl2N5.C5H10O2/c25-21-2-1-3-22(26)19(21)5-4-17-14-29-24-20(17)12-18(15-30-24)16-6-7-28-23(13-16)31-10-8-27-9-11-31;1-5(2,3)7-4-6/h1-3,6-7,12-15,27H,8-11H2,(H,29,30);4H,1-3H3. The van der Waals surface area contributed by atoms with Crippen molar-refractivity contribution < 1.29 is 9.53 Å². The van der Waals surface area contributed by atoms with Crippen LogP contribution in [0.5, 0.6) is 0 Å². The Kier molecular flexibility index (Phi) is 8.90. The van der Waals surface area contributed by atoms with Crippen LogP contribution >= 0.6 is 23.2 Å². The van der Waals surface area contributed by atoms with Gasteiger partial charge in [0.25, 0.3) is 6.47 Å². The number of anilines is 1. The Morgan fingerprint density at radius 1 is 1.03 bits per heavy atom. The zero-order valence-electron chi connectivity index (χ0n) is 21.5. The second kappa shape index (κ2) is 12.3. The average molecular weight is 550 g/mol. The van der Waals surface area contributed by atoms with Gasteiger partial charge < -0.3 is 19.9 Å². The fourth-order valence-corrected chi connectivity index (χ4v) is 4.31. The Balaban J connectivity index is 0.000000426. The largest absolute Gasteiger partial charge is 0.462 e. The predicted molar refractivity (Wildman–Crippen MR) is 154 cm³/mol. The minimum Gasteiger partial charge on any atom is -0.462 e. The first kappa shape index (κ1) is 27.5. The minimum atomic E-state index is -0.318. The van der Waals surface area contributed by atoms with Crippen LogP contribution in [-0.4, -0.2) is 53.2 Å². The van der Waals surface area contributed by atoms with Crippen molar-refractivity contribution in [2.24, 2.45) is 0 Å². The number of nitrogens with one attached hydrogen (secondary N) is 2. The number of aromatic amines is 1. The van der Waals surface area contributed by atoms with Crippen LogP contribution in [0.25, 0.3) is 22.2 Å². The zero-order chi connectivity index (χ0) is 27.1. The smallest absolute Gasteiger partial charge is 0.293 e. The van der Waals surface area contributed by atoms with E-state index in [-0.39, 0.29) is 5.60 Å². The fraction of sp³-hybridized carbons (Fsp3) is 0.276. The van der Waals surface area contributed by atoms with E-state index in [9.17, 15) is 4.79 Å². The highest BCUT2D eigenvalue weighted by atomic mass is 35.5. The van der Waals surface area contributed by atoms with Gasteiger partial charge in [0.1, 0.15) is 17.1 Å². The second-order valence-corrected chi connectivity index (χ2v) is 10.4. The fourth-order valence-electron chi connectivity index (χ4n) is 3.82. The summed E-state index contributed by atoms with van der Waals surface area (Å²) >= 11 is 12.5. The van der Waals surface area contributed by atoms with Crippen molar-refractivity contribution >= 4 is 46.5 Å². The summed E-state index contributed by atoms with van der Waals surface area (Å²) in [5, 5.41) is 5.40. The molecule has 9 heteroatoms. The lowest BCUT2D eigenvalue weighted by Gasteiger charge is -2.28. The number of carbonyl (C=O) groups is 1. The van der Waals surface area contributed by atoms with Crippen LogP contribution in [0.2, 0.25) is 10.0 Å². The number of H-pyrrole nitrogens is 1. The molecule has 2 N–H and O–H groups in total. The van der Waals surface area contributed by atoms with Crippen LogP contribution in [0.4, 0.5) is 5.82 Å². The van der Waals surface area contributed by atoms with Gasteiger partial charge in [0.15, 0.2) is 0 Å². The van der Waals surface area contributed by atoms with Gasteiger partial charge in [-0.1, -0.05) is 41.1 Å². The second-order valence-electron chi connectivity index (χ2n) is 9.64. The third kappa shape index (κ3) is 7.05. The molecular weight excluding hydrogens is 521 g/mol. The number of fused-ring (bicyclic) bond motifs is 1. The molecule has 4 heterocycles.